The molecule has 0 aliphatic carbocycles. The molecular formula is C10H13F2N. The van der Waals surface area contributed by atoms with Gasteiger partial charge in [-0.2, -0.15) is 0 Å². The van der Waals surface area contributed by atoms with Gasteiger partial charge < -0.3 is 5.73 Å². The van der Waals surface area contributed by atoms with Gasteiger partial charge in [-0.15, -0.1) is 0 Å². The third kappa shape index (κ3) is 2.25. The van der Waals surface area contributed by atoms with Gasteiger partial charge in [0.15, 0.2) is 0 Å². The van der Waals surface area contributed by atoms with Crippen molar-refractivity contribution in [3.63, 3.8) is 0 Å². The number of rotatable bonds is 3. The van der Waals surface area contributed by atoms with Crippen molar-refractivity contribution in [2.45, 2.75) is 19.8 Å². The standard InChI is InChI=1S/C10H13F2N/c1-7-4-5-9(11)8(10(7)12)3-2-6-13/h4-5H,2-3,6,13H2,1H3. The summed E-state index contributed by atoms with van der Waals surface area (Å²) < 4.78 is 26.4. The molecule has 3 heteroatoms. The molecule has 2 N–H and O–H groups in total. The summed E-state index contributed by atoms with van der Waals surface area (Å²) in [4.78, 5) is 0. The average molecular weight is 185 g/mol. The second kappa shape index (κ2) is 4.33. The predicted octanol–water partition coefficient (Wildman–Crippen LogP) is 2.16. The lowest BCUT2D eigenvalue weighted by molar-refractivity contribution is 0.545. The molecule has 0 bridgehead atoms. The summed E-state index contributed by atoms with van der Waals surface area (Å²) in [6.07, 6.45) is 0.979. The molecule has 72 valence electrons. The Morgan fingerprint density at radius 2 is 2.00 bits per heavy atom. The Morgan fingerprint density at radius 1 is 1.31 bits per heavy atom. The number of aryl methyl sites for hydroxylation is 1. The van der Waals surface area contributed by atoms with Crippen molar-refractivity contribution in [1.82, 2.24) is 0 Å². The maximum absolute atomic E-state index is 13.3. The Bertz CT molecular complexity index is 297. The molecule has 0 heterocycles. The summed E-state index contributed by atoms with van der Waals surface area (Å²) in [5.41, 5.74) is 5.91. The van der Waals surface area contributed by atoms with E-state index in [1.54, 1.807) is 6.92 Å². The molecule has 1 nitrogen and oxygen atoms in total. The van der Waals surface area contributed by atoms with Gasteiger partial charge in [-0.3, -0.25) is 0 Å². The minimum atomic E-state index is -0.475. The zero-order valence-corrected chi connectivity index (χ0v) is 7.61. The van der Waals surface area contributed by atoms with E-state index < -0.39 is 11.6 Å². The molecule has 0 spiro atoms. The van der Waals surface area contributed by atoms with Gasteiger partial charge >= 0.3 is 0 Å². The maximum atomic E-state index is 13.3. The van der Waals surface area contributed by atoms with Gasteiger partial charge in [0.05, 0.1) is 0 Å². The molecule has 0 aliphatic heterocycles. The topological polar surface area (TPSA) is 26.0 Å². The van der Waals surface area contributed by atoms with Gasteiger partial charge in [0, 0.05) is 5.56 Å². The van der Waals surface area contributed by atoms with Crippen LogP contribution in [-0.2, 0) is 6.42 Å². The van der Waals surface area contributed by atoms with Crippen LogP contribution in [0.15, 0.2) is 12.1 Å². The van der Waals surface area contributed by atoms with E-state index in [1.165, 1.54) is 12.1 Å². The second-order valence-electron chi connectivity index (χ2n) is 3.05. The quantitative estimate of drug-likeness (QED) is 0.767. The summed E-state index contributed by atoms with van der Waals surface area (Å²) in [5, 5.41) is 0. The van der Waals surface area contributed by atoms with E-state index in [1.807, 2.05) is 0 Å². The van der Waals surface area contributed by atoms with E-state index in [-0.39, 0.29) is 5.56 Å². The van der Waals surface area contributed by atoms with Crippen LogP contribution < -0.4 is 5.73 Å². The van der Waals surface area contributed by atoms with Gasteiger partial charge in [0.1, 0.15) is 11.6 Å². The monoisotopic (exact) mass is 185 g/mol. The number of halogens is 2. The predicted molar refractivity (Wildman–Crippen MR) is 48.5 cm³/mol. The van der Waals surface area contributed by atoms with Gasteiger partial charge in [-0.25, -0.2) is 8.78 Å². The van der Waals surface area contributed by atoms with Crippen LogP contribution in [0.25, 0.3) is 0 Å². The molecule has 1 aromatic rings. The second-order valence-corrected chi connectivity index (χ2v) is 3.05. The van der Waals surface area contributed by atoms with Gasteiger partial charge in [-0.1, -0.05) is 6.07 Å². The van der Waals surface area contributed by atoms with Crippen molar-refractivity contribution in [3.05, 3.63) is 34.9 Å². The number of hydrogen-bond acceptors (Lipinski definition) is 1. The number of nitrogens with two attached hydrogens (primary N) is 1. The summed E-state index contributed by atoms with van der Waals surface area (Å²) in [5.74, 6) is -0.912. The lowest BCUT2D eigenvalue weighted by Crippen LogP contribution is -2.04. The lowest BCUT2D eigenvalue weighted by Gasteiger charge is -2.05. The molecule has 1 aromatic carbocycles. The highest BCUT2D eigenvalue weighted by Gasteiger charge is 2.09. The van der Waals surface area contributed by atoms with Crippen LogP contribution in [-0.4, -0.2) is 6.54 Å². The molecule has 0 unspecified atom stereocenters. The average Bonchev–Trinajstić information content (AvgIpc) is 2.12. The zero-order chi connectivity index (χ0) is 9.84. The van der Waals surface area contributed by atoms with Crippen molar-refractivity contribution < 1.29 is 8.78 Å². The first kappa shape index (κ1) is 10.1. The van der Waals surface area contributed by atoms with Crippen LogP contribution in [0.5, 0.6) is 0 Å². The van der Waals surface area contributed by atoms with E-state index in [0.717, 1.165) is 0 Å². The molecular weight excluding hydrogens is 172 g/mol. The smallest absolute Gasteiger partial charge is 0.132 e. The maximum Gasteiger partial charge on any atom is 0.132 e. The van der Waals surface area contributed by atoms with Crippen LogP contribution in [0.3, 0.4) is 0 Å². The third-order valence-electron chi connectivity index (χ3n) is 2.01. The van der Waals surface area contributed by atoms with Crippen LogP contribution >= 0.6 is 0 Å². The summed E-state index contributed by atoms with van der Waals surface area (Å²) in [6, 6.07) is 2.74. The molecule has 0 aromatic heterocycles. The molecule has 1 rings (SSSR count). The summed E-state index contributed by atoms with van der Waals surface area (Å²) in [6.45, 7) is 2.08. The summed E-state index contributed by atoms with van der Waals surface area (Å²) >= 11 is 0. The van der Waals surface area contributed by atoms with E-state index in [4.69, 9.17) is 5.73 Å². The zero-order valence-electron chi connectivity index (χ0n) is 7.61. The molecule has 0 radical (unpaired) electrons. The molecule has 13 heavy (non-hydrogen) atoms. The summed E-state index contributed by atoms with van der Waals surface area (Å²) in [7, 11) is 0. The van der Waals surface area contributed by atoms with Crippen molar-refractivity contribution in [3.8, 4) is 0 Å². The largest absolute Gasteiger partial charge is 0.330 e. The molecule has 0 saturated heterocycles. The van der Waals surface area contributed by atoms with Crippen molar-refractivity contribution in [2.75, 3.05) is 6.54 Å². The Morgan fingerprint density at radius 3 is 2.62 bits per heavy atom. The normalized spacial score (nSPS) is 10.5. The van der Waals surface area contributed by atoms with E-state index in [0.29, 0.717) is 24.9 Å². The Balaban J connectivity index is 2.96. The highest BCUT2D eigenvalue weighted by molar-refractivity contribution is 5.26. The molecule has 0 atom stereocenters. The molecule has 0 amide bonds. The Hall–Kier alpha value is -0.960. The molecule has 0 saturated carbocycles. The molecule has 0 fully saturated rings. The first-order valence-corrected chi connectivity index (χ1v) is 4.30. The fraction of sp³-hybridized carbons (Fsp3) is 0.400. The lowest BCUT2D eigenvalue weighted by atomic mass is 10.1. The van der Waals surface area contributed by atoms with E-state index in [9.17, 15) is 8.78 Å². The minimum absolute atomic E-state index is 0.158. The van der Waals surface area contributed by atoms with E-state index in [2.05, 4.69) is 0 Å². The van der Waals surface area contributed by atoms with Crippen molar-refractivity contribution in [1.29, 1.82) is 0 Å². The van der Waals surface area contributed by atoms with Crippen LogP contribution in [0.1, 0.15) is 17.5 Å². The van der Waals surface area contributed by atoms with E-state index >= 15 is 0 Å². The fourth-order valence-corrected chi connectivity index (χ4v) is 1.22. The fourth-order valence-electron chi connectivity index (χ4n) is 1.22. The van der Waals surface area contributed by atoms with Crippen LogP contribution in [0, 0.1) is 18.6 Å². The minimum Gasteiger partial charge on any atom is -0.330 e. The Kier molecular flexibility index (Phi) is 3.37. The highest BCUT2D eigenvalue weighted by Crippen LogP contribution is 2.17. The first-order chi connectivity index (χ1) is 6.16. The van der Waals surface area contributed by atoms with Gasteiger partial charge in [-0.05, 0) is 37.9 Å². The van der Waals surface area contributed by atoms with Crippen LogP contribution in [0.4, 0.5) is 8.78 Å². The van der Waals surface area contributed by atoms with Gasteiger partial charge in [0.2, 0.25) is 0 Å². The SMILES string of the molecule is Cc1ccc(F)c(CCCN)c1F. The van der Waals surface area contributed by atoms with Gasteiger partial charge in [0.25, 0.3) is 0 Å². The first-order valence-electron chi connectivity index (χ1n) is 4.30. The molecule has 0 aliphatic rings. The number of benzene rings is 1. The van der Waals surface area contributed by atoms with Crippen LogP contribution in [0.2, 0.25) is 0 Å². The number of hydrogen-bond donors (Lipinski definition) is 1. The van der Waals surface area contributed by atoms with Crippen molar-refractivity contribution >= 4 is 0 Å². The third-order valence-corrected chi connectivity index (χ3v) is 2.01. The highest BCUT2D eigenvalue weighted by atomic mass is 19.1. The Labute approximate surface area is 76.6 Å². The van der Waals surface area contributed by atoms with Crippen molar-refractivity contribution in [2.24, 2.45) is 5.73 Å².